The molecule has 116 valence electrons. The first kappa shape index (κ1) is 15.9. The third-order valence-corrected chi connectivity index (χ3v) is 3.60. The summed E-state index contributed by atoms with van der Waals surface area (Å²) in [5, 5.41) is 15.3. The minimum atomic E-state index is -0.333. The molecule has 0 bridgehead atoms. The van der Waals surface area contributed by atoms with E-state index in [0.717, 1.165) is 0 Å². The number of carbonyl (C=O) groups excluding carboxylic acids is 1. The average molecular weight is 296 g/mol. The van der Waals surface area contributed by atoms with Crippen LogP contribution < -0.4 is 10.6 Å². The molecule has 21 heavy (non-hydrogen) atoms. The highest BCUT2D eigenvalue weighted by molar-refractivity contribution is 5.91. The molecule has 1 aliphatic rings. The standard InChI is InChI=1S/C15H21FN2O3/c1-11(17-7-15(8-19)9-21-10-15)6-14(20)18-13-4-2-12(16)3-5-13/h2-5,11,17,19H,6-10H2,1H3,(H,18,20). The lowest BCUT2D eigenvalue weighted by Gasteiger charge is -2.40. The molecular formula is C15H21FN2O3. The van der Waals surface area contributed by atoms with Crippen LogP contribution in [0.1, 0.15) is 13.3 Å². The molecule has 1 heterocycles. The van der Waals surface area contributed by atoms with Gasteiger partial charge in [0.1, 0.15) is 5.82 Å². The van der Waals surface area contributed by atoms with Crippen LogP contribution in [-0.2, 0) is 9.53 Å². The van der Waals surface area contributed by atoms with E-state index in [0.29, 0.717) is 31.9 Å². The summed E-state index contributed by atoms with van der Waals surface area (Å²) in [6.45, 7) is 3.70. The maximum Gasteiger partial charge on any atom is 0.225 e. The number of anilines is 1. The molecule has 1 aromatic rings. The van der Waals surface area contributed by atoms with Crippen molar-refractivity contribution in [3.8, 4) is 0 Å². The Hall–Kier alpha value is -1.50. The Balaban J connectivity index is 1.73. The molecule has 1 amide bonds. The van der Waals surface area contributed by atoms with Gasteiger partial charge < -0.3 is 20.5 Å². The number of aliphatic hydroxyl groups excluding tert-OH is 1. The minimum Gasteiger partial charge on any atom is -0.396 e. The fraction of sp³-hybridized carbons (Fsp3) is 0.533. The smallest absolute Gasteiger partial charge is 0.225 e. The normalized spacial score (nSPS) is 17.9. The van der Waals surface area contributed by atoms with Crippen molar-refractivity contribution in [1.82, 2.24) is 5.32 Å². The Bertz CT molecular complexity index is 469. The molecule has 1 atom stereocenters. The van der Waals surface area contributed by atoms with Gasteiger partial charge in [-0.1, -0.05) is 0 Å². The third kappa shape index (κ3) is 4.49. The first-order valence-corrected chi connectivity index (χ1v) is 7.00. The zero-order valence-corrected chi connectivity index (χ0v) is 12.1. The van der Waals surface area contributed by atoms with E-state index in [1.807, 2.05) is 6.92 Å². The lowest BCUT2D eigenvalue weighted by Crippen LogP contribution is -2.53. The predicted molar refractivity (Wildman–Crippen MR) is 77.4 cm³/mol. The number of rotatable bonds is 7. The van der Waals surface area contributed by atoms with Gasteiger partial charge in [-0.25, -0.2) is 4.39 Å². The van der Waals surface area contributed by atoms with Crippen molar-refractivity contribution in [3.05, 3.63) is 30.1 Å². The fourth-order valence-electron chi connectivity index (χ4n) is 2.13. The first-order valence-electron chi connectivity index (χ1n) is 7.00. The summed E-state index contributed by atoms with van der Waals surface area (Å²) in [5.41, 5.74) is 0.370. The van der Waals surface area contributed by atoms with Crippen LogP contribution in [-0.4, -0.2) is 43.4 Å². The van der Waals surface area contributed by atoms with Crippen molar-refractivity contribution in [1.29, 1.82) is 0 Å². The van der Waals surface area contributed by atoms with E-state index in [1.54, 1.807) is 0 Å². The average Bonchev–Trinajstić information content (AvgIpc) is 2.40. The van der Waals surface area contributed by atoms with Gasteiger partial charge in [0.05, 0.1) is 25.2 Å². The van der Waals surface area contributed by atoms with Gasteiger partial charge in [-0.05, 0) is 31.2 Å². The molecule has 1 saturated heterocycles. The zero-order valence-electron chi connectivity index (χ0n) is 12.1. The second-order valence-electron chi connectivity index (χ2n) is 5.69. The Morgan fingerprint density at radius 3 is 2.62 bits per heavy atom. The Morgan fingerprint density at radius 1 is 1.43 bits per heavy atom. The van der Waals surface area contributed by atoms with Crippen LogP contribution in [0.3, 0.4) is 0 Å². The summed E-state index contributed by atoms with van der Waals surface area (Å²) in [4.78, 5) is 11.9. The van der Waals surface area contributed by atoms with Crippen LogP contribution in [0.15, 0.2) is 24.3 Å². The van der Waals surface area contributed by atoms with E-state index in [9.17, 15) is 14.3 Å². The van der Waals surface area contributed by atoms with Gasteiger partial charge in [-0.2, -0.15) is 0 Å². The van der Waals surface area contributed by atoms with Crippen molar-refractivity contribution >= 4 is 11.6 Å². The quantitative estimate of drug-likeness (QED) is 0.706. The van der Waals surface area contributed by atoms with Gasteiger partial charge in [-0.15, -0.1) is 0 Å². The van der Waals surface area contributed by atoms with E-state index in [4.69, 9.17) is 4.74 Å². The van der Waals surface area contributed by atoms with Crippen LogP contribution in [0.25, 0.3) is 0 Å². The highest BCUT2D eigenvalue weighted by Gasteiger charge is 2.37. The summed E-state index contributed by atoms with van der Waals surface area (Å²) in [6, 6.07) is 5.64. The van der Waals surface area contributed by atoms with Crippen molar-refractivity contribution in [2.24, 2.45) is 5.41 Å². The molecule has 0 aliphatic carbocycles. The number of halogens is 1. The molecular weight excluding hydrogens is 275 g/mol. The van der Waals surface area contributed by atoms with Crippen LogP contribution in [0, 0.1) is 11.2 Å². The lowest BCUT2D eigenvalue weighted by molar-refractivity contribution is -0.135. The predicted octanol–water partition coefficient (Wildman–Crippen LogP) is 1.14. The molecule has 2 rings (SSSR count). The number of nitrogens with one attached hydrogen (secondary N) is 2. The van der Waals surface area contributed by atoms with Crippen LogP contribution in [0.2, 0.25) is 0 Å². The molecule has 1 aromatic carbocycles. The number of aliphatic hydroxyl groups is 1. The van der Waals surface area contributed by atoms with Gasteiger partial charge in [0.25, 0.3) is 0 Å². The molecule has 0 radical (unpaired) electrons. The maximum absolute atomic E-state index is 12.8. The van der Waals surface area contributed by atoms with Gasteiger partial charge in [-0.3, -0.25) is 4.79 Å². The summed E-state index contributed by atoms with van der Waals surface area (Å²) >= 11 is 0. The molecule has 0 saturated carbocycles. The van der Waals surface area contributed by atoms with Crippen molar-refractivity contribution in [3.63, 3.8) is 0 Å². The zero-order chi connectivity index (χ0) is 15.3. The molecule has 0 spiro atoms. The van der Waals surface area contributed by atoms with Gasteiger partial charge in [0.2, 0.25) is 5.91 Å². The van der Waals surface area contributed by atoms with Crippen molar-refractivity contribution in [2.75, 3.05) is 31.7 Å². The Labute approximate surface area is 123 Å². The minimum absolute atomic E-state index is 0.0190. The maximum atomic E-state index is 12.8. The Kier molecular flexibility index (Phi) is 5.27. The highest BCUT2D eigenvalue weighted by Crippen LogP contribution is 2.25. The van der Waals surface area contributed by atoms with E-state index < -0.39 is 0 Å². The highest BCUT2D eigenvalue weighted by atomic mass is 19.1. The van der Waals surface area contributed by atoms with Crippen LogP contribution in [0.4, 0.5) is 10.1 Å². The number of benzene rings is 1. The fourth-order valence-corrected chi connectivity index (χ4v) is 2.13. The molecule has 5 nitrogen and oxygen atoms in total. The molecule has 0 aromatic heterocycles. The molecule has 1 fully saturated rings. The number of amides is 1. The van der Waals surface area contributed by atoms with Crippen LogP contribution in [0.5, 0.6) is 0 Å². The lowest BCUT2D eigenvalue weighted by atomic mass is 9.87. The summed E-state index contributed by atoms with van der Waals surface area (Å²) in [6.07, 6.45) is 0.305. The Morgan fingerprint density at radius 2 is 2.10 bits per heavy atom. The molecule has 1 aliphatic heterocycles. The van der Waals surface area contributed by atoms with Crippen LogP contribution >= 0.6 is 0 Å². The van der Waals surface area contributed by atoms with E-state index in [-0.39, 0.29) is 29.8 Å². The van der Waals surface area contributed by atoms with E-state index in [2.05, 4.69) is 10.6 Å². The number of hydrogen-bond donors (Lipinski definition) is 3. The SMILES string of the molecule is CC(CC(=O)Nc1ccc(F)cc1)NCC1(CO)COC1. The molecule has 1 unspecified atom stereocenters. The van der Waals surface area contributed by atoms with Crippen molar-refractivity contribution in [2.45, 2.75) is 19.4 Å². The summed E-state index contributed by atoms with van der Waals surface area (Å²) in [5.74, 6) is -0.468. The third-order valence-electron chi connectivity index (χ3n) is 3.60. The first-order chi connectivity index (χ1) is 10.0. The van der Waals surface area contributed by atoms with E-state index in [1.165, 1.54) is 24.3 Å². The molecule has 6 heteroatoms. The van der Waals surface area contributed by atoms with Gasteiger partial charge in [0.15, 0.2) is 0 Å². The molecule has 3 N–H and O–H groups in total. The summed E-state index contributed by atoms with van der Waals surface area (Å²) < 4.78 is 17.9. The largest absolute Gasteiger partial charge is 0.396 e. The van der Waals surface area contributed by atoms with Gasteiger partial charge >= 0.3 is 0 Å². The van der Waals surface area contributed by atoms with E-state index >= 15 is 0 Å². The number of carbonyl (C=O) groups is 1. The monoisotopic (exact) mass is 296 g/mol. The second kappa shape index (κ2) is 6.98. The second-order valence-corrected chi connectivity index (χ2v) is 5.69. The topological polar surface area (TPSA) is 70.6 Å². The van der Waals surface area contributed by atoms with Gasteiger partial charge in [0, 0.05) is 24.7 Å². The summed E-state index contributed by atoms with van der Waals surface area (Å²) in [7, 11) is 0. The number of hydrogen-bond acceptors (Lipinski definition) is 4. The number of ether oxygens (including phenoxy) is 1. The van der Waals surface area contributed by atoms with Crippen molar-refractivity contribution < 1.29 is 19.0 Å².